The summed E-state index contributed by atoms with van der Waals surface area (Å²) in [4.78, 5) is 20.7. The van der Waals surface area contributed by atoms with Gasteiger partial charge in [-0.05, 0) is 79.3 Å². The van der Waals surface area contributed by atoms with Gasteiger partial charge in [-0.25, -0.2) is 0 Å². The number of thiophene rings is 1. The predicted octanol–water partition coefficient (Wildman–Crippen LogP) is 4.50. The third-order valence-electron chi connectivity index (χ3n) is 5.75. The number of hydrogen-bond donors (Lipinski definition) is 2. The molecule has 34 heavy (non-hydrogen) atoms. The number of nitrogens with one attached hydrogen (secondary N) is 1. The number of nitrogen functional groups attached to an aromatic ring is 1. The molecule has 1 aliphatic rings. The van der Waals surface area contributed by atoms with Crippen molar-refractivity contribution in [2.24, 2.45) is 0 Å². The average Bonchev–Trinajstić information content (AvgIpc) is 3.63. The van der Waals surface area contributed by atoms with E-state index in [-0.39, 0.29) is 17.8 Å². The van der Waals surface area contributed by atoms with Crippen molar-refractivity contribution in [3.63, 3.8) is 0 Å². The van der Waals surface area contributed by atoms with Crippen LogP contribution in [-0.2, 0) is 0 Å². The zero-order valence-corrected chi connectivity index (χ0v) is 19.5. The largest absolute Gasteiger partial charge is 0.492 e. The van der Waals surface area contributed by atoms with Crippen molar-refractivity contribution < 1.29 is 9.53 Å². The summed E-state index contributed by atoms with van der Waals surface area (Å²) in [5.74, 6) is 0.752. The van der Waals surface area contributed by atoms with Crippen LogP contribution in [0.2, 0.25) is 0 Å². The first-order chi connectivity index (χ1) is 16.7. The fourth-order valence-electron chi connectivity index (χ4n) is 3.93. The fourth-order valence-corrected chi connectivity index (χ4v) is 4.66. The van der Waals surface area contributed by atoms with E-state index in [2.05, 4.69) is 20.3 Å². The molecule has 9 heteroatoms. The van der Waals surface area contributed by atoms with Gasteiger partial charge >= 0.3 is 0 Å². The molecule has 2 aromatic heterocycles. The Hall–Kier alpha value is -3.69. The molecule has 2 aromatic carbocycles. The van der Waals surface area contributed by atoms with E-state index in [4.69, 9.17) is 10.5 Å². The van der Waals surface area contributed by atoms with Gasteiger partial charge in [0.05, 0.1) is 0 Å². The lowest BCUT2D eigenvalue weighted by Crippen LogP contribution is -2.25. The number of nitrogens with zero attached hydrogens (tertiary/aromatic N) is 4. The van der Waals surface area contributed by atoms with Gasteiger partial charge in [0.25, 0.3) is 5.91 Å². The summed E-state index contributed by atoms with van der Waals surface area (Å²) < 4.78 is 6.95. The average molecular weight is 475 g/mol. The van der Waals surface area contributed by atoms with Crippen LogP contribution in [0.4, 0.5) is 17.6 Å². The highest BCUT2D eigenvalue weighted by Crippen LogP contribution is 2.25. The summed E-state index contributed by atoms with van der Waals surface area (Å²) in [5, 5.41) is 9.37. The van der Waals surface area contributed by atoms with Gasteiger partial charge in [-0.2, -0.15) is 9.67 Å². The molecule has 174 valence electrons. The van der Waals surface area contributed by atoms with E-state index in [1.54, 1.807) is 23.5 Å². The Kier molecular flexibility index (Phi) is 6.55. The van der Waals surface area contributed by atoms with Crippen molar-refractivity contribution >= 4 is 34.8 Å². The van der Waals surface area contributed by atoms with Crippen molar-refractivity contribution in [2.45, 2.75) is 12.8 Å². The third kappa shape index (κ3) is 5.11. The minimum Gasteiger partial charge on any atom is -0.492 e. The van der Waals surface area contributed by atoms with Crippen LogP contribution in [-0.4, -0.2) is 51.8 Å². The van der Waals surface area contributed by atoms with E-state index in [1.165, 1.54) is 12.8 Å². The molecule has 0 spiro atoms. The van der Waals surface area contributed by atoms with Crippen LogP contribution in [0.3, 0.4) is 0 Å². The summed E-state index contributed by atoms with van der Waals surface area (Å²) in [6.07, 6.45) is 2.56. The number of hydrogen-bond acceptors (Lipinski definition) is 8. The van der Waals surface area contributed by atoms with Crippen molar-refractivity contribution in [2.75, 3.05) is 37.3 Å². The van der Waals surface area contributed by atoms with Gasteiger partial charge in [0.2, 0.25) is 11.9 Å². The van der Waals surface area contributed by atoms with Crippen molar-refractivity contribution in [1.29, 1.82) is 0 Å². The monoisotopic (exact) mass is 474 g/mol. The molecule has 1 saturated heterocycles. The SMILES string of the molecule is Nc1nc(Nc2ccc(OCCN3CCCC3)cc2)nn1C(=O)c1ccc(-c2cccs2)cc1. The number of rotatable bonds is 8. The highest BCUT2D eigenvalue weighted by molar-refractivity contribution is 7.13. The second-order valence-electron chi connectivity index (χ2n) is 8.11. The minimum atomic E-state index is -0.336. The van der Waals surface area contributed by atoms with E-state index in [1.807, 2.05) is 53.9 Å². The maximum absolute atomic E-state index is 12.9. The molecule has 0 amide bonds. The van der Waals surface area contributed by atoms with E-state index in [9.17, 15) is 4.79 Å². The van der Waals surface area contributed by atoms with Crippen LogP contribution in [0.5, 0.6) is 5.75 Å². The standard InChI is InChI=1S/C25H26N6O2S/c26-24-28-25(27-20-9-11-21(12-10-20)33-16-15-30-13-1-2-14-30)29-31(24)23(32)19-7-5-18(6-8-19)22-4-3-17-34-22/h3-12,17H,1-2,13-16H2,(H3,26,27,28,29). The zero-order valence-electron chi connectivity index (χ0n) is 18.7. The maximum Gasteiger partial charge on any atom is 0.281 e. The van der Waals surface area contributed by atoms with Crippen LogP contribution >= 0.6 is 11.3 Å². The maximum atomic E-state index is 12.9. The van der Waals surface area contributed by atoms with Crippen molar-refractivity contribution in [3.8, 4) is 16.2 Å². The number of likely N-dealkylation sites (tertiary alicyclic amines) is 1. The predicted molar refractivity (Wildman–Crippen MR) is 135 cm³/mol. The molecule has 0 aliphatic carbocycles. The molecular formula is C25H26N6O2S. The zero-order chi connectivity index (χ0) is 23.3. The van der Waals surface area contributed by atoms with E-state index >= 15 is 0 Å². The second-order valence-corrected chi connectivity index (χ2v) is 9.06. The fraction of sp³-hybridized carbons (Fsp3) is 0.240. The number of carbonyl (C=O) groups is 1. The van der Waals surface area contributed by atoms with Gasteiger partial charge in [0.15, 0.2) is 0 Å². The molecule has 3 N–H and O–H groups in total. The lowest BCUT2D eigenvalue weighted by Gasteiger charge is -2.15. The number of nitrogens with two attached hydrogens (primary N) is 1. The first kappa shape index (κ1) is 22.1. The smallest absolute Gasteiger partial charge is 0.281 e. The Balaban J connectivity index is 1.20. The van der Waals surface area contributed by atoms with Gasteiger partial charge < -0.3 is 15.8 Å². The van der Waals surface area contributed by atoms with Crippen LogP contribution < -0.4 is 15.8 Å². The number of ether oxygens (including phenoxy) is 1. The molecule has 0 atom stereocenters. The van der Waals surface area contributed by atoms with Gasteiger partial charge in [-0.15, -0.1) is 16.4 Å². The van der Waals surface area contributed by atoms with Gasteiger partial charge in [-0.3, -0.25) is 9.69 Å². The molecule has 0 unspecified atom stereocenters. The quantitative estimate of drug-likeness (QED) is 0.388. The summed E-state index contributed by atoms with van der Waals surface area (Å²) >= 11 is 1.65. The van der Waals surface area contributed by atoms with Crippen LogP contribution in [0.25, 0.3) is 10.4 Å². The Morgan fingerprint density at radius 2 is 1.82 bits per heavy atom. The summed E-state index contributed by atoms with van der Waals surface area (Å²) in [6, 6.07) is 19.0. The molecule has 5 rings (SSSR count). The minimum absolute atomic E-state index is 0.0247. The van der Waals surface area contributed by atoms with Crippen LogP contribution in [0, 0.1) is 0 Å². The van der Waals surface area contributed by atoms with Gasteiger partial charge in [0, 0.05) is 22.7 Å². The molecule has 0 saturated carbocycles. The summed E-state index contributed by atoms with van der Waals surface area (Å²) in [5.41, 5.74) is 8.30. The van der Waals surface area contributed by atoms with Crippen molar-refractivity contribution in [1.82, 2.24) is 19.7 Å². The molecular weight excluding hydrogens is 448 g/mol. The molecule has 0 bridgehead atoms. The van der Waals surface area contributed by atoms with Gasteiger partial charge in [0.1, 0.15) is 12.4 Å². The molecule has 0 radical (unpaired) electrons. The third-order valence-corrected chi connectivity index (χ3v) is 6.67. The molecule has 1 aliphatic heterocycles. The number of carbonyl (C=O) groups excluding carboxylic acids is 1. The Morgan fingerprint density at radius 1 is 1.06 bits per heavy atom. The van der Waals surface area contributed by atoms with Crippen LogP contribution in [0.1, 0.15) is 23.2 Å². The van der Waals surface area contributed by atoms with E-state index < -0.39 is 0 Å². The molecule has 4 aromatic rings. The van der Waals surface area contributed by atoms with E-state index in [0.29, 0.717) is 12.2 Å². The lowest BCUT2D eigenvalue weighted by atomic mass is 10.1. The Labute approximate surface area is 202 Å². The van der Waals surface area contributed by atoms with Crippen LogP contribution in [0.15, 0.2) is 66.0 Å². The highest BCUT2D eigenvalue weighted by Gasteiger charge is 2.16. The topological polar surface area (TPSA) is 98.3 Å². The summed E-state index contributed by atoms with van der Waals surface area (Å²) in [6.45, 7) is 3.95. The summed E-state index contributed by atoms with van der Waals surface area (Å²) in [7, 11) is 0. The first-order valence-corrected chi connectivity index (χ1v) is 12.2. The van der Waals surface area contributed by atoms with Crippen molar-refractivity contribution in [3.05, 3.63) is 71.6 Å². The number of aromatic nitrogens is 3. The Bertz CT molecular complexity index is 1230. The normalized spacial score (nSPS) is 13.8. The number of benzene rings is 2. The Morgan fingerprint density at radius 3 is 2.53 bits per heavy atom. The molecule has 1 fully saturated rings. The molecule has 8 nitrogen and oxygen atoms in total. The second kappa shape index (κ2) is 10.1. The van der Waals surface area contributed by atoms with Gasteiger partial charge in [-0.1, -0.05) is 18.2 Å². The number of anilines is 3. The first-order valence-electron chi connectivity index (χ1n) is 11.3. The molecule has 3 heterocycles. The highest BCUT2D eigenvalue weighted by atomic mass is 32.1. The lowest BCUT2D eigenvalue weighted by molar-refractivity contribution is 0.0948. The van der Waals surface area contributed by atoms with E-state index in [0.717, 1.165) is 46.2 Å².